The van der Waals surface area contributed by atoms with Gasteiger partial charge in [-0.15, -0.1) is 0 Å². The Hall–Kier alpha value is -2.21. The van der Waals surface area contributed by atoms with Crippen molar-refractivity contribution < 1.29 is 17.9 Å². The minimum absolute atomic E-state index is 0.0495. The maximum absolute atomic E-state index is 12.9. The molecule has 1 unspecified atom stereocenters. The van der Waals surface area contributed by atoms with E-state index in [1.165, 1.54) is 12.1 Å². The summed E-state index contributed by atoms with van der Waals surface area (Å²) in [6.45, 7) is 0. The monoisotopic (exact) mass is 294 g/mol. The average molecular weight is 294 g/mol. The van der Waals surface area contributed by atoms with Crippen molar-refractivity contribution >= 4 is 0 Å². The van der Waals surface area contributed by atoms with Gasteiger partial charge in [-0.1, -0.05) is 6.42 Å². The summed E-state index contributed by atoms with van der Waals surface area (Å²) in [5, 5.41) is 17.8. The quantitative estimate of drug-likeness (QED) is 0.827. The number of ether oxygens (including phenoxy) is 1. The lowest BCUT2D eigenvalue weighted by atomic mass is 9.87. The first-order valence-corrected chi connectivity index (χ1v) is 6.63. The van der Waals surface area contributed by atoms with Gasteiger partial charge < -0.3 is 4.74 Å². The molecule has 3 nitrogen and oxygen atoms in total. The second-order valence-electron chi connectivity index (χ2n) is 4.99. The molecule has 1 aromatic carbocycles. The Balaban J connectivity index is 2.25. The highest BCUT2D eigenvalue weighted by atomic mass is 19.4. The van der Waals surface area contributed by atoms with Gasteiger partial charge in [-0.05, 0) is 37.5 Å². The molecule has 110 valence electrons. The number of benzene rings is 1. The van der Waals surface area contributed by atoms with E-state index in [0.29, 0.717) is 12.8 Å². The van der Waals surface area contributed by atoms with Crippen molar-refractivity contribution in [3.05, 3.63) is 29.3 Å². The van der Waals surface area contributed by atoms with E-state index in [4.69, 9.17) is 15.3 Å². The number of rotatable bonds is 2. The molecule has 0 radical (unpaired) electrons. The van der Waals surface area contributed by atoms with Gasteiger partial charge in [0.15, 0.2) is 0 Å². The molecule has 0 saturated heterocycles. The fourth-order valence-corrected chi connectivity index (χ4v) is 2.49. The molecule has 0 bridgehead atoms. The molecule has 0 aliphatic heterocycles. The van der Waals surface area contributed by atoms with Crippen LogP contribution in [-0.4, -0.2) is 6.10 Å². The van der Waals surface area contributed by atoms with Crippen LogP contribution in [0.2, 0.25) is 0 Å². The van der Waals surface area contributed by atoms with Gasteiger partial charge in [-0.3, -0.25) is 0 Å². The Bertz CT molecular complexity index is 598. The van der Waals surface area contributed by atoms with E-state index < -0.39 is 23.4 Å². The Morgan fingerprint density at radius 2 is 1.86 bits per heavy atom. The lowest BCUT2D eigenvalue weighted by Gasteiger charge is -2.27. The van der Waals surface area contributed by atoms with E-state index in [2.05, 4.69) is 6.07 Å². The van der Waals surface area contributed by atoms with Crippen LogP contribution in [0, 0.1) is 28.6 Å². The van der Waals surface area contributed by atoms with Gasteiger partial charge >= 0.3 is 6.18 Å². The van der Waals surface area contributed by atoms with Crippen LogP contribution in [0.25, 0.3) is 0 Å². The molecule has 6 heteroatoms. The molecular formula is C15H13F3N2O. The van der Waals surface area contributed by atoms with Crippen molar-refractivity contribution in [2.75, 3.05) is 0 Å². The fourth-order valence-electron chi connectivity index (χ4n) is 2.49. The Morgan fingerprint density at radius 3 is 2.48 bits per heavy atom. The molecule has 0 spiro atoms. The third-order valence-corrected chi connectivity index (χ3v) is 3.57. The zero-order valence-electron chi connectivity index (χ0n) is 11.2. The van der Waals surface area contributed by atoms with Crippen molar-refractivity contribution in [3.63, 3.8) is 0 Å². The van der Waals surface area contributed by atoms with Crippen LogP contribution in [0.1, 0.15) is 36.8 Å². The molecule has 2 atom stereocenters. The molecule has 21 heavy (non-hydrogen) atoms. The van der Waals surface area contributed by atoms with Crippen LogP contribution in [0.5, 0.6) is 5.75 Å². The normalized spacial score (nSPS) is 22.1. The van der Waals surface area contributed by atoms with Crippen molar-refractivity contribution in [2.45, 2.75) is 38.0 Å². The summed E-state index contributed by atoms with van der Waals surface area (Å²) in [7, 11) is 0. The number of alkyl halides is 3. The van der Waals surface area contributed by atoms with E-state index in [1.807, 2.05) is 0 Å². The highest BCUT2D eigenvalue weighted by Gasteiger charge is 2.34. The fraction of sp³-hybridized carbons (Fsp3) is 0.467. The first-order chi connectivity index (χ1) is 9.95. The number of hydrogen-bond acceptors (Lipinski definition) is 3. The van der Waals surface area contributed by atoms with Crippen LogP contribution < -0.4 is 4.74 Å². The molecule has 1 aliphatic rings. The summed E-state index contributed by atoms with van der Waals surface area (Å²) < 4.78 is 44.2. The Labute approximate surface area is 120 Å². The summed E-state index contributed by atoms with van der Waals surface area (Å²) in [5.74, 6) is -0.253. The second kappa shape index (κ2) is 6.05. The molecule has 0 amide bonds. The van der Waals surface area contributed by atoms with Crippen LogP contribution in [0.4, 0.5) is 13.2 Å². The Morgan fingerprint density at radius 1 is 1.14 bits per heavy atom. The first kappa shape index (κ1) is 15.2. The molecule has 1 aromatic rings. The summed E-state index contributed by atoms with van der Waals surface area (Å²) in [5.41, 5.74) is -1.44. The van der Waals surface area contributed by atoms with E-state index >= 15 is 0 Å². The second-order valence-corrected chi connectivity index (χ2v) is 4.99. The van der Waals surface area contributed by atoms with Gasteiger partial charge in [-0.25, -0.2) is 0 Å². The molecule has 2 rings (SSSR count). The molecule has 0 aromatic heterocycles. The van der Waals surface area contributed by atoms with Gasteiger partial charge in [0, 0.05) is 0 Å². The van der Waals surface area contributed by atoms with E-state index in [0.717, 1.165) is 25.0 Å². The van der Waals surface area contributed by atoms with Crippen LogP contribution in [0.15, 0.2) is 18.2 Å². The minimum Gasteiger partial charge on any atom is -0.489 e. The maximum atomic E-state index is 12.9. The van der Waals surface area contributed by atoms with Crippen molar-refractivity contribution in [1.29, 1.82) is 10.5 Å². The molecule has 1 saturated carbocycles. The summed E-state index contributed by atoms with van der Waals surface area (Å²) in [6, 6.07) is 6.95. The standard InChI is InChI=1S/C15H13F3N2O/c16-15(17,18)13-7-12(6-5-10(13)8-19)21-14-4-2-1-3-11(14)9-20/h5-7,11,14H,1-4H2/t11-,14?/m0/s1. The smallest absolute Gasteiger partial charge is 0.417 e. The third-order valence-electron chi connectivity index (χ3n) is 3.57. The van der Waals surface area contributed by atoms with Crippen LogP contribution in [-0.2, 0) is 6.18 Å². The topological polar surface area (TPSA) is 56.8 Å². The highest BCUT2D eigenvalue weighted by Crippen LogP contribution is 2.35. The van der Waals surface area contributed by atoms with Crippen molar-refractivity contribution in [3.8, 4) is 17.9 Å². The van der Waals surface area contributed by atoms with Crippen LogP contribution >= 0.6 is 0 Å². The largest absolute Gasteiger partial charge is 0.489 e. The van der Waals surface area contributed by atoms with Crippen molar-refractivity contribution in [1.82, 2.24) is 0 Å². The maximum Gasteiger partial charge on any atom is 0.417 e. The van der Waals surface area contributed by atoms with E-state index in [9.17, 15) is 13.2 Å². The molecule has 0 heterocycles. The zero-order valence-corrected chi connectivity index (χ0v) is 11.2. The molecule has 1 aliphatic carbocycles. The molecular weight excluding hydrogens is 281 g/mol. The highest BCUT2D eigenvalue weighted by molar-refractivity contribution is 5.44. The predicted octanol–water partition coefficient (Wildman–Crippen LogP) is 4.04. The lowest BCUT2D eigenvalue weighted by Crippen LogP contribution is -2.29. The number of hydrogen-bond donors (Lipinski definition) is 0. The number of nitrogens with zero attached hydrogens (tertiary/aromatic N) is 2. The first-order valence-electron chi connectivity index (χ1n) is 6.63. The Kier molecular flexibility index (Phi) is 4.37. The summed E-state index contributed by atoms with van der Waals surface area (Å²) in [4.78, 5) is 0. The van der Waals surface area contributed by atoms with Gasteiger partial charge in [0.2, 0.25) is 0 Å². The SMILES string of the molecule is N#Cc1ccc(OC2CCCC[C@H]2C#N)cc1C(F)(F)F. The van der Waals surface area contributed by atoms with Crippen molar-refractivity contribution in [2.24, 2.45) is 5.92 Å². The van der Waals surface area contributed by atoms with Gasteiger partial charge in [-0.2, -0.15) is 23.7 Å². The average Bonchev–Trinajstić information content (AvgIpc) is 2.47. The predicted molar refractivity (Wildman–Crippen MR) is 68.1 cm³/mol. The third kappa shape index (κ3) is 3.46. The van der Waals surface area contributed by atoms with E-state index in [-0.39, 0.29) is 11.7 Å². The lowest BCUT2D eigenvalue weighted by molar-refractivity contribution is -0.137. The van der Waals surface area contributed by atoms with Gasteiger partial charge in [0.25, 0.3) is 0 Å². The summed E-state index contributed by atoms with van der Waals surface area (Å²) >= 11 is 0. The molecule has 1 fully saturated rings. The number of halogens is 3. The zero-order chi connectivity index (χ0) is 15.5. The van der Waals surface area contributed by atoms with Gasteiger partial charge in [0.05, 0.1) is 29.2 Å². The summed E-state index contributed by atoms with van der Waals surface area (Å²) in [6.07, 6.45) is -1.82. The van der Waals surface area contributed by atoms with Gasteiger partial charge in [0.1, 0.15) is 11.9 Å². The van der Waals surface area contributed by atoms with E-state index in [1.54, 1.807) is 0 Å². The minimum atomic E-state index is -4.61. The van der Waals surface area contributed by atoms with Crippen LogP contribution in [0.3, 0.4) is 0 Å². The molecule has 0 N–H and O–H groups in total. The number of nitriles is 2.